The van der Waals surface area contributed by atoms with Crippen LogP contribution in [0.15, 0.2) is 53.4 Å². The summed E-state index contributed by atoms with van der Waals surface area (Å²) >= 11 is 0. The molecule has 1 fully saturated rings. The van der Waals surface area contributed by atoms with Crippen LogP contribution < -0.4 is 0 Å². The average Bonchev–Trinajstić information content (AvgIpc) is 3.05. The number of hydrogen-bond acceptors (Lipinski definition) is 3. The van der Waals surface area contributed by atoms with E-state index in [-0.39, 0.29) is 10.7 Å². The maximum atomic E-state index is 13.0. The Morgan fingerprint density at radius 1 is 1.04 bits per heavy atom. The summed E-state index contributed by atoms with van der Waals surface area (Å²) in [6.07, 6.45) is 1.27. The Morgan fingerprint density at radius 2 is 1.75 bits per heavy atom. The van der Waals surface area contributed by atoms with Gasteiger partial charge in [-0.15, -0.1) is 0 Å². The van der Waals surface area contributed by atoms with Crippen molar-refractivity contribution in [1.29, 1.82) is 0 Å². The molecule has 0 aromatic heterocycles. The molecule has 1 aliphatic heterocycles. The van der Waals surface area contributed by atoms with Crippen LogP contribution in [0.25, 0.3) is 0 Å². The smallest absolute Gasteiger partial charge is 0.243 e. The highest BCUT2D eigenvalue weighted by molar-refractivity contribution is 7.89. The Labute approximate surface area is 143 Å². The van der Waals surface area contributed by atoms with E-state index in [9.17, 15) is 13.2 Å². The molecular formula is C19H21NO3S. The van der Waals surface area contributed by atoms with Crippen LogP contribution in [0.5, 0.6) is 0 Å². The van der Waals surface area contributed by atoms with E-state index in [2.05, 4.69) is 0 Å². The third-order valence-corrected chi connectivity index (χ3v) is 6.34. The highest BCUT2D eigenvalue weighted by Crippen LogP contribution is 2.28. The first-order valence-corrected chi connectivity index (χ1v) is 9.53. The second-order valence-corrected chi connectivity index (χ2v) is 8.21. The van der Waals surface area contributed by atoms with Crippen molar-refractivity contribution in [2.24, 2.45) is 0 Å². The SMILES string of the molecule is Cc1ccc(C(=O)C2CCCN2S(=O)(=O)c2cccc(C)c2)cc1. The third kappa shape index (κ3) is 3.14. The molecule has 0 saturated carbocycles. The molecule has 0 bridgehead atoms. The zero-order valence-corrected chi connectivity index (χ0v) is 14.7. The van der Waals surface area contributed by atoms with Crippen LogP contribution in [0.3, 0.4) is 0 Å². The van der Waals surface area contributed by atoms with Gasteiger partial charge >= 0.3 is 0 Å². The van der Waals surface area contributed by atoms with E-state index in [1.165, 1.54) is 4.31 Å². The predicted molar refractivity (Wildman–Crippen MR) is 93.6 cm³/mol. The van der Waals surface area contributed by atoms with Crippen LogP contribution in [0, 0.1) is 13.8 Å². The molecule has 0 spiro atoms. The maximum absolute atomic E-state index is 13.0. The molecule has 1 unspecified atom stereocenters. The van der Waals surface area contributed by atoms with Crippen molar-refractivity contribution in [3.8, 4) is 0 Å². The molecule has 1 atom stereocenters. The molecule has 5 heteroatoms. The highest BCUT2D eigenvalue weighted by Gasteiger charge is 2.39. The van der Waals surface area contributed by atoms with Gasteiger partial charge in [-0.2, -0.15) is 4.31 Å². The molecule has 0 radical (unpaired) electrons. The second-order valence-electron chi connectivity index (χ2n) is 6.32. The van der Waals surface area contributed by atoms with Crippen LogP contribution in [0.4, 0.5) is 0 Å². The van der Waals surface area contributed by atoms with E-state index in [4.69, 9.17) is 0 Å². The van der Waals surface area contributed by atoms with Gasteiger partial charge in [-0.25, -0.2) is 8.42 Å². The summed E-state index contributed by atoms with van der Waals surface area (Å²) in [5.74, 6) is -0.122. The molecule has 126 valence electrons. The molecule has 1 aliphatic rings. The van der Waals surface area contributed by atoms with Crippen molar-refractivity contribution >= 4 is 15.8 Å². The Balaban J connectivity index is 1.93. The van der Waals surface area contributed by atoms with E-state index < -0.39 is 16.1 Å². The summed E-state index contributed by atoms with van der Waals surface area (Å²) in [7, 11) is -3.66. The number of carbonyl (C=O) groups is 1. The van der Waals surface area contributed by atoms with Gasteiger partial charge in [0.1, 0.15) is 0 Å². The molecule has 0 amide bonds. The number of ketones is 1. The molecule has 24 heavy (non-hydrogen) atoms. The van der Waals surface area contributed by atoms with Gasteiger partial charge in [0.05, 0.1) is 10.9 Å². The van der Waals surface area contributed by atoms with Gasteiger partial charge in [0.2, 0.25) is 10.0 Å². The third-order valence-electron chi connectivity index (χ3n) is 4.44. The van der Waals surface area contributed by atoms with Crippen LogP contribution in [0.1, 0.15) is 34.3 Å². The fourth-order valence-electron chi connectivity index (χ4n) is 3.11. The van der Waals surface area contributed by atoms with Crippen LogP contribution in [-0.2, 0) is 10.0 Å². The van der Waals surface area contributed by atoms with Crippen LogP contribution in [0.2, 0.25) is 0 Å². The van der Waals surface area contributed by atoms with E-state index in [0.717, 1.165) is 11.1 Å². The fraction of sp³-hybridized carbons (Fsp3) is 0.316. The number of aryl methyl sites for hydroxylation is 2. The molecule has 4 nitrogen and oxygen atoms in total. The Bertz CT molecular complexity index is 856. The number of nitrogens with zero attached hydrogens (tertiary/aromatic N) is 1. The lowest BCUT2D eigenvalue weighted by Crippen LogP contribution is -2.40. The molecule has 2 aromatic rings. The van der Waals surface area contributed by atoms with Gasteiger partial charge in [0.25, 0.3) is 0 Å². The highest BCUT2D eigenvalue weighted by atomic mass is 32.2. The summed E-state index contributed by atoms with van der Waals surface area (Å²) in [4.78, 5) is 13.1. The van der Waals surface area contributed by atoms with Crippen molar-refractivity contribution in [2.75, 3.05) is 6.54 Å². The summed E-state index contributed by atoms with van der Waals surface area (Å²) in [6, 6.07) is 13.5. The standard InChI is InChI=1S/C19H21NO3S/c1-14-8-10-16(11-9-14)19(21)18-7-4-12-20(18)24(22,23)17-6-3-5-15(2)13-17/h3,5-6,8-11,13,18H,4,7,12H2,1-2H3. The Hall–Kier alpha value is -1.98. The topological polar surface area (TPSA) is 54.5 Å². The zero-order valence-electron chi connectivity index (χ0n) is 13.9. The van der Waals surface area contributed by atoms with Gasteiger partial charge < -0.3 is 0 Å². The van der Waals surface area contributed by atoms with Gasteiger partial charge in [-0.1, -0.05) is 42.0 Å². The molecule has 1 saturated heterocycles. The van der Waals surface area contributed by atoms with Gasteiger partial charge in [-0.05, 0) is 44.4 Å². The van der Waals surface area contributed by atoms with Gasteiger partial charge in [0.15, 0.2) is 5.78 Å². The zero-order chi connectivity index (χ0) is 17.3. The fourth-order valence-corrected chi connectivity index (χ4v) is 4.87. The minimum atomic E-state index is -3.66. The first-order valence-electron chi connectivity index (χ1n) is 8.09. The second kappa shape index (κ2) is 6.49. The summed E-state index contributed by atoms with van der Waals surface area (Å²) < 4.78 is 27.3. The molecule has 2 aromatic carbocycles. The Morgan fingerprint density at radius 3 is 2.42 bits per heavy atom. The van der Waals surface area contributed by atoms with Crippen molar-refractivity contribution in [2.45, 2.75) is 37.6 Å². The van der Waals surface area contributed by atoms with E-state index in [1.807, 2.05) is 32.0 Å². The Kier molecular flexibility index (Phi) is 4.56. The number of rotatable bonds is 4. The first kappa shape index (κ1) is 16.9. The summed E-state index contributed by atoms with van der Waals surface area (Å²) in [6.45, 7) is 4.20. The van der Waals surface area contributed by atoms with Crippen molar-refractivity contribution in [3.05, 3.63) is 65.2 Å². The summed E-state index contributed by atoms with van der Waals surface area (Å²) in [5.41, 5.74) is 2.52. The normalized spacial score (nSPS) is 18.7. The van der Waals surface area contributed by atoms with Gasteiger partial charge in [-0.3, -0.25) is 4.79 Å². The maximum Gasteiger partial charge on any atom is 0.243 e. The lowest BCUT2D eigenvalue weighted by atomic mass is 10.0. The van der Waals surface area contributed by atoms with E-state index in [1.54, 1.807) is 30.3 Å². The largest absolute Gasteiger partial charge is 0.292 e. The number of Topliss-reactive ketones (excluding diaryl/α,β-unsaturated/α-hetero) is 1. The molecular weight excluding hydrogens is 322 g/mol. The van der Waals surface area contributed by atoms with E-state index >= 15 is 0 Å². The average molecular weight is 343 g/mol. The lowest BCUT2D eigenvalue weighted by molar-refractivity contribution is 0.0918. The quantitative estimate of drug-likeness (QED) is 0.800. The number of sulfonamides is 1. The first-order chi connectivity index (χ1) is 11.4. The minimum Gasteiger partial charge on any atom is -0.292 e. The number of hydrogen-bond donors (Lipinski definition) is 0. The minimum absolute atomic E-state index is 0.122. The van der Waals surface area contributed by atoms with Crippen molar-refractivity contribution in [3.63, 3.8) is 0 Å². The molecule has 0 aliphatic carbocycles. The van der Waals surface area contributed by atoms with E-state index in [0.29, 0.717) is 24.9 Å². The summed E-state index contributed by atoms with van der Waals surface area (Å²) in [5, 5.41) is 0. The van der Waals surface area contributed by atoms with Crippen molar-refractivity contribution in [1.82, 2.24) is 4.31 Å². The number of carbonyl (C=O) groups excluding carboxylic acids is 1. The van der Waals surface area contributed by atoms with Crippen molar-refractivity contribution < 1.29 is 13.2 Å². The predicted octanol–water partition coefficient (Wildman–Crippen LogP) is 3.34. The van der Waals surface area contributed by atoms with Crippen LogP contribution >= 0.6 is 0 Å². The molecule has 3 rings (SSSR count). The molecule has 1 heterocycles. The lowest BCUT2D eigenvalue weighted by Gasteiger charge is -2.23. The number of benzene rings is 2. The molecule has 0 N–H and O–H groups in total. The van der Waals surface area contributed by atoms with Gasteiger partial charge in [0, 0.05) is 12.1 Å². The monoisotopic (exact) mass is 343 g/mol. The van der Waals surface area contributed by atoms with Crippen LogP contribution in [-0.4, -0.2) is 31.1 Å².